The van der Waals surface area contributed by atoms with E-state index in [-0.39, 0.29) is 5.75 Å². The number of H-pyrrole nitrogens is 1. The van der Waals surface area contributed by atoms with Gasteiger partial charge < -0.3 is 15.5 Å². The van der Waals surface area contributed by atoms with Crippen LogP contribution in [0.2, 0.25) is 0 Å². The van der Waals surface area contributed by atoms with E-state index in [1.807, 2.05) is 12.1 Å². The van der Waals surface area contributed by atoms with Gasteiger partial charge in [-0.2, -0.15) is 0 Å². The zero-order chi connectivity index (χ0) is 19.4. The van der Waals surface area contributed by atoms with Crippen molar-refractivity contribution in [2.75, 3.05) is 6.54 Å². The Bertz CT molecular complexity index is 898. The van der Waals surface area contributed by atoms with Crippen LogP contribution in [0.4, 0.5) is 13.2 Å². The number of nitrogens with one attached hydrogen (secondary N) is 1. The summed E-state index contributed by atoms with van der Waals surface area (Å²) in [4.78, 5) is 3.37. The predicted molar refractivity (Wildman–Crippen MR) is 102 cm³/mol. The number of fused-ring (bicyclic) bond motifs is 1. The van der Waals surface area contributed by atoms with E-state index in [0.717, 1.165) is 53.4 Å². The third-order valence-corrected chi connectivity index (χ3v) is 4.64. The second-order valence-electron chi connectivity index (χ2n) is 6.53. The van der Waals surface area contributed by atoms with E-state index in [4.69, 9.17) is 5.73 Å². The van der Waals surface area contributed by atoms with Crippen molar-refractivity contribution >= 4 is 10.9 Å². The molecule has 0 unspecified atom stereocenters. The summed E-state index contributed by atoms with van der Waals surface area (Å²) in [6, 6.07) is 12.7. The second-order valence-corrected chi connectivity index (χ2v) is 6.53. The Balaban J connectivity index is 2.06. The Labute approximate surface area is 156 Å². The van der Waals surface area contributed by atoms with Crippen LogP contribution < -0.4 is 10.5 Å². The van der Waals surface area contributed by atoms with Crippen LogP contribution in [0.1, 0.15) is 30.9 Å². The highest BCUT2D eigenvalue weighted by atomic mass is 19.4. The molecule has 3 aromatic rings. The monoisotopic (exact) mass is 376 g/mol. The predicted octanol–water partition coefficient (Wildman–Crippen LogP) is 5.58. The summed E-state index contributed by atoms with van der Waals surface area (Å²) in [5.41, 5.74) is 10.6. The van der Waals surface area contributed by atoms with Crippen molar-refractivity contribution in [3.05, 3.63) is 53.6 Å². The molecule has 27 heavy (non-hydrogen) atoms. The van der Waals surface area contributed by atoms with Gasteiger partial charge in [-0.05, 0) is 67.1 Å². The molecule has 6 heteroatoms. The molecule has 0 aliphatic heterocycles. The molecule has 3 nitrogen and oxygen atoms in total. The van der Waals surface area contributed by atoms with Crippen LogP contribution in [0, 0.1) is 0 Å². The summed E-state index contributed by atoms with van der Waals surface area (Å²) in [5.74, 6) is -0.207. The Morgan fingerprint density at radius 1 is 1.04 bits per heavy atom. The fraction of sp³-hybridized carbons (Fsp3) is 0.333. The minimum Gasteiger partial charge on any atom is -0.406 e. The second kappa shape index (κ2) is 8.05. The zero-order valence-electron chi connectivity index (χ0n) is 15.2. The van der Waals surface area contributed by atoms with Gasteiger partial charge in [0.2, 0.25) is 0 Å². The van der Waals surface area contributed by atoms with Crippen LogP contribution in [-0.2, 0) is 12.8 Å². The number of hydrogen-bond donors (Lipinski definition) is 2. The molecule has 2 aromatic carbocycles. The molecule has 0 amide bonds. The highest BCUT2D eigenvalue weighted by Crippen LogP contribution is 2.35. The largest absolute Gasteiger partial charge is 0.573 e. The van der Waals surface area contributed by atoms with E-state index in [2.05, 4.69) is 28.8 Å². The zero-order valence-corrected chi connectivity index (χ0v) is 15.2. The molecule has 0 atom stereocenters. The molecule has 0 spiro atoms. The third kappa shape index (κ3) is 4.63. The van der Waals surface area contributed by atoms with Crippen molar-refractivity contribution in [2.45, 2.75) is 39.0 Å². The lowest BCUT2D eigenvalue weighted by Crippen LogP contribution is -2.16. The maximum Gasteiger partial charge on any atom is 0.573 e. The van der Waals surface area contributed by atoms with Crippen LogP contribution in [0.15, 0.2) is 42.5 Å². The van der Waals surface area contributed by atoms with E-state index < -0.39 is 6.36 Å². The number of alkyl halides is 3. The third-order valence-electron chi connectivity index (χ3n) is 4.64. The molecular formula is C21H23F3N2O. The fourth-order valence-electron chi connectivity index (χ4n) is 3.28. The molecule has 144 valence electrons. The molecule has 0 saturated carbocycles. The summed E-state index contributed by atoms with van der Waals surface area (Å²) in [7, 11) is 0. The molecule has 3 N–H and O–H groups in total. The quantitative estimate of drug-likeness (QED) is 0.529. The Hall–Kier alpha value is -2.47. The number of nitrogens with two attached hydrogens (primary N) is 1. The minimum absolute atomic E-state index is 0.207. The van der Waals surface area contributed by atoms with Gasteiger partial charge in [-0.15, -0.1) is 13.2 Å². The van der Waals surface area contributed by atoms with Crippen molar-refractivity contribution in [1.29, 1.82) is 0 Å². The topological polar surface area (TPSA) is 51.0 Å². The molecule has 3 rings (SSSR count). The molecule has 0 bridgehead atoms. The minimum atomic E-state index is -4.71. The van der Waals surface area contributed by atoms with Gasteiger partial charge >= 0.3 is 6.36 Å². The average Bonchev–Trinajstić information content (AvgIpc) is 2.99. The van der Waals surface area contributed by atoms with Crippen molar-refractivity contribution < 1.29 is 17.9 Å². The molecule has 0 aliphatic rings. The van der Waals surface area contributed by atoms with E-state index in [0.29, 0.717) is 6.54 Å². The summed E-state index contributed by atoms with van der Waals surface area (Å²) in [5, 5.41) is 0.753. The first kappa shape index (κ1) is 19.3. The van der Waals surface area contributed by atoms with Gasteiger partial charge in [-0.1, -0.05) is 31.2 Å². The number of benzene rings is 2. The number of aromatic nitrogens is 1. The summed E-state index contributed by atoms with van der Waals surface area (Å²) >= 11 is 0. The SMILES string of the molecule is CCc1ccc(-c2[nH]c3ccc(OC(F)(F)F)cc3c2CCCCN)cc1. The summed E-state index contributed by atoms with van der Waals surface area (Å²) in [6.07, 6.45) is -1.29. The van der Waals surface area contributed by atoms with Gasteiger partial charge in [0.05, 0.1) is 0 Å². The Kier molecular flexibility index (Phi) is 5.75. The molecule has 1 heterocycles. The normalized spacial score (nSPS) is 11.9. The smallest absolute Gasteiger partial charge is 0.406 e. The van der Waals surface area contributed by atoms with Gasteiger partial charge in [0.15, 0.2) is 0 Å². The Morgan fingerprint density at radius 2 is 1.78 bits per heavy atom. The molecule has 0 aliphatic carbocycles. The van der Waals surface area contributed by atoms with E-state index >= 15 is 0 Å². The van der Waals surface area contributed by atoms with Crippen LogP contribution in [0.25, 0.3) is 22.2 Å². The van der Waals surface area contributed by atoms with Gasteiger partial charge in [0.25, 0.3) is 0 Å². The van der Waals surface area contributed by atoms with Crippen LogP contribution >= 0.6 is 0 Å². The molecule has 0 saturated heterocycles. The summed E-state index contributed by atoms with van der Waals surface area (Å²) < 4.78 is 41.9. The number of aromatic amines is 1. The number of halogens is 3. The number of unbranched alkanes of at least 4 members (excludes halogenated alkanes) is 1. The van der Waals surface area contributed by atoms with Gasteiger partial charge in [-0.3, -0.25) is 0 Å². The van der Waals surface area contributed by atoms with Crippen LogP contribution in [0.3, 0.4) is 0 Å². The first-order chi connectivity index (χ1) is 12.9. The van der Waals surface area contributed by atoms with Crippen LogP contribution in [0.5, 0.6) is 5.75 Å². The maximum atomic E-state index is 12.6. The lowest BCUT2D eigenvalue weighted by molar-refractivity contribution is -0.274. The number of ether oxygens (including phenoxy) is 1. The molecular weight excluding hydrogens is 353 g/mol. The van der Waals surface area contributed by atoms with E-state index in [1.54, 1.807) is 6.07 Å². The molecule has 1 aromatic heterocycles. The average molecular weight is 376 g/mol. The van der Waals surface area contributed by atoms with Crippen molar-refractivity contribution in [2.24, 2.45) is 5.73 Å². The van der Waals surface area contributed by atoms with E-state index in [1.165, 1.54) is 17.7 Å². The van der Waals surface area contributed by atoms with Crippen molar-refractivity contribution in [1.82, 2.24) is 4.98 Å². The van der Waals surface area contributed by atoms with Crippen molar-refractivity contribution in [3.8, 4) is 17.0 Å². The lowest BCUT2D eigenvalue weighted by Gasteiger charge is -2.09. The summed E-state index contributed by atoms with van der Waals surface area (Å²) in [6.45, 7) is 2.68. The van der Waals surface area contributed by atoms with E-state index in [9.17, 15) is 13.2 Å². The fourth-order valence-corrected chi connectivity index (χ4v) is 3.28. The highest BCUT2D eigenvalue weighted by molar-refractivity contribution is 5.91. The Morgan fingerprint density at radius 3 is 2.41 bits per heavy atom. The van der Waals surface area contributed by atoms with Gasteiger partial charge in [-0.25, -0.2) is 0 Å². The first-order valence-electron chi connectivity index (χ1n) is 9.11. The van der Waals surface area contributed by atoms with Crippen LogP contribution in [-0.4, -0.2) is 17.9 Å². The molecule has 0 fully saturated rings. The van der Waals surface area contributed by atoms with Crippen molar-refractivity contribution in [3.63, 3.8) is 0 Å². The number of hydrogen-bond acceptors (Lipinski definition) is 2. The lowest BCUT2D eigenvalue weighted by atomic mass is 9.99. The maximum absolute atomic E-state index is 12.6. The molecule has 0 radical (unpaired) electrons. The highest BCUT2D eigenvalue weighted by Gasteiger charge is 2.31. The first-order valence-corrected chi connectivity index (χ1v) is 9.11. The number of aryl methyl sites for hydroxylation is 2. The van der Waals surface area contributed by atoms with Gasteiger partial charge in [0.1, 0.15) is 5.75 Å². The standard InChI is InChI=1S/C21H23F3N2O/c1-2-14-6-8-15(9-7-14)20-17(5-3-4-12-25)18-13-16(27-21(22,23)24)10-11-19(18)26-20/h6-11,13,26H,2-5,12,25H2,1H3. The number of rotatable bonds is 7. The van der Waals surface area contributed by atoms with Gasteiger partial charge in [0, 0.05) is 16.6 Å².